The van der Waals surface area contributed by atoms with Crippen LogP contribution in [0.3, 0.4) is 0 Å². The number of fused-ring (bicyclic) bond motifs is 2. The first-order valence-electron chi connectivity index (χ1n) is 7.61. The molecule has 3 heterocycles. The lowest BCUT2D eigenvalue weighted by Gasteiger charge is -2.14. The smallest absolute Gasteiger partial charge is 0.258 e. The second kappa shape index (κ2) is 6.45. The van der Waals surface area contributed by atoms with E-state index in [0.29, 0.717) is 5.75 Å². The van der Waals surface area contributed by atoms with Gasteiger partial charge in [0.2, 0.25) is 0 Å². The molecule has 0 unspecified atom stereocenters. The van der Waals surface area contributed by atoms with Gasteiger partial charge in [-0.1, -0.05) is 47.8 Å². The molecule has 1 aliphatic rings. The Balaban J connectivity index is 1.59. The Hall–Kier alpha value is -2.05. The fraction of sp³-hybridized carbons (Fsp3) is 0.167. The van der Waals surface area contributed by atoms with Crippen molar-refractivity contribution >= 4 is 39.2 Å². The van der Waals surface area contributed by atoms with Gasteiger partial charge in [-0.2, -0.15) is 0 Å². The molecule has 0 aliphatic carbocycles. The van der Waals surface area contributed by atoms with Crippen LogP contribution in [0.1, 0.15) is 16.8 Å². The third kappa shape index (κ3) is 2.99. The van der Waals surface area contributed by atoms with Crippen molar-refractivity contribution in [3.63, 3.8) is 0 Å². The van der Waals surface area contributed by atoms with Gasteiger partial charge < -0.3 is 0 Å². The van der Waals surface area contributed by atoms with E-state index in [-0.39, 0.29) is 5.56 Å². The van der Waals surface area contributed by atoms with Crippen LogP contribution in [0.5, 0.6) is 0 Å². The van der Waals surface area contributed by atoms with E-state index in [0.717, 1.165) is 32.7 Å². The number of hydrogen-bond acceptors (Lipinski definition) is 5. The highest BCUT2D eigenvalue weighted by Gasteiger charge is 2.13. The number of rotatable bonds is 2. The molecule has 0 bridgehead atoms. The number of pyridine rings is 1. The third-order valence-electron chi connectivity index (χ3n) is 3.84. The van der Waals surface area contributed by atoms with Gasteiger partial charge in [0.05, 0.1) is 11.4 Å². The van der Waals surface area contributed by atoms with E-state index in [1.54, 1.807) is 40.2 Å². The number of aliphatic imine (C=N–C) groups is 1. The van der Waals surface area contributed by atoms with Crippen LogP contribution in [0.4, 0.5) is 5.69 Å². The monoisotopic (exact) mass is 353 g/mol. The van der Waals surface area contributed by atoms with Gasteiger partial charge in [0.1, 0.15) is 10.0 Å². The van der Waals surface area contributed by atoms with Crippen LogP contribution in [0, 0.1) is 6.92 Å². The van der Waals surface area contributed by atoms with Crippen molar-refractivity contribution in [2.75, 3.05) is 0 Å². The average Bonchev–Trinajstić information content (AvgIpc) is 2.61. The third-order valence-corrected chi connectivity index (χ3v) is 6.12. The second-order valence-corrected chi connectivity index (χ2v) is 7.74. The Bertz CT molecular complexity index is 1010. The molecule has 1 aliphatic heterocycles. The standard InChI is InChI=1S/C18H15N3OS2/c1-12-5-4-8-21-16(22)9-14(19-17(12)21)11-24-18-20-15-7-3-2-6-13(15)10-23-18/h2-9H,10-11H2,1H3. The summed E-state index contributed by atoms with van der Waals surface area (Å²) in [6, 6.07) is 13.7. The van der Waals surface area contributed by atoms with Gasteiger partial charge in [-0.25, -0.2) is 9.98 Å². The lowest BCUT2D eigenvalue weighted by atomic mass is 10.2. The van der Waals surface area contributed by atoms with E-state index in [4.69, 9.17) is 4.99 Å². The van der Waals surface area contributed by atoms with Crippen LogP contribution >= 0.6 is 23.5 Å². The number of benzene rings is 1. The predicted molar refractivity (Wildman–Crippen MR) is 102 cm³/mol. The summed E-state index contributed by atoms with van der Waals surface area (Å²) < 4.78 is 2.62. The first-order valence-corrected chi connectivity index (χ1v) is 9.58. The molecule has 24 heavy (non-hydrogen) atoms. The van der Waals surface area contributed by atoms with E-state index in [1.807, 2.05) is 37.3 Å². The zero-order valence-corrected chi connectivity index (χ0v) is 14.7. The minimum Gasteiger partial charge on any atom is -0.269 e. The molecule has 0 atom stereocenters. The number of thioether (sulfide) groups is 2. The first kappa shape index (κ1) is 15.5. The largest absolute Gasteiger partial charge is 0.269 e. The van der Waals surface area contributed by atoms with Gasteiger partial charge in [0.25, 0.3) is 5.56 Å². The van der Waals surface area contributed by atoms with Crippen LogP contribution in [-0.2, 0) is 11.5 Å². The molecule has 4 rings (SSSR count). The zero-order valence-electron chi connectivity index (χ0n) is 13.1. The molecule has 2 aromatic heterocycles. The van der Waals surface area contributed by atoms with Crippen LogP contribution in [0.2, 0.25) is 0 Å². The summed E-state index contributed by atoms with van der Waals surface area (Å²) in [5, 5.41) is 0. The first-order chi connectivity index (χ1) is 11.7. The van der Waals surface area contributed by atoms with E-state index < -0.39 is 0 Å². The summed E-state index contributed by atoms with van der Waals surface area (Å²) >= 11 is 3.38. The van der Waals surface area contributed by atoms with E-state index in [2.05, 4.69) is 11.1 Å². The number of aryl methyl sites for hydroxylation is 1. The molecule has 3 aromatic rings. The van der Waals surface area contributed by atoms with Gasteiger partial charge in [-0.05, 0) is 30.2 Å². The molecule has 0 saturated carbocycles. The fourth-order valence-electron chi connectivity index (χ4n) is 2.60. The van der Waals surface area contributed by atoms with Gasteiger partial charge >= 0.3 is 0 Å². The fourth-order valence-corrected chi connectivity index (χ4v) is 4.56. The SMILES string of the molecule is Cc1cccn2c(=O)cc(CSC3=Nc4ccccc4CS3)nc12. The molecular formula is C18H15N3OS2. The van der Waals surface area contributed by atoms with Crippen molar-refractivity contribution in [1.82, 2.24) is 9.38 Å². The maximum atomic E-state index is 12.2. The van der Waals surface area contributed by atoms with Gasteiger partial charge in [-0.15, -0.1) is 0 Å². The molecule has 6 heteroatoms. The molecule has 0 fully saturated rings. The number of nitrogens with zero attached hydrogens (tertiary/aromatic N) is 3. The second-order valence-electron chi connectivity index (χ2n) is 5.55. The molecule has 4 nitrogen and oxygen atoms in total. The molecule has 0 N–H and O–H groups in total. The van der Waals surface area contributed by atoms with Crippen LogP contribution < -0.4 is 5.56 Å². The molecular weight excluding hydrogens is 338 g/mol. The van der Waals surface area contributed by atoms with Crippen molar-refractivity contribution in [2.24, 2.45) is 4.99 Å². The van der Waals surface area contributed by atoms with E-state index in [9.17, 15) is 4.79 Å². The number of aromatic nitrogens is 2. The average molecular weight is 353 g/mol. The van der Waals surface area contributed by atoms with Crippen molar-refractivity contribution in [1.29, 1.82) is 0 Å². The predicted octanol–water partition coefficient (Wildman–Crippen LogP) is 4.17. The molecule has 120 valence electrons. The molecule has 0 amide bonds. The van der Waals surface area contributed by atoms with Crippen molar-refractivity contribution < 1.29 is 0 Å². The molecule has 1 aromatic carbocycles. The highest BCUT2D eigenvalue weighted by atomic mass is 32.2. The van der Waals surface area contributed by atoms with Crippen LogP contribution in [0.25, 0.3) is 5.65 Å². The maximum Gasteiger partial charge on any atom is 0.258 e. The van der Waals surface area contributed by atoms with E-state index >= 15 is 0 Å². The van der Waals surface area contributed by atoms with Crippen LogP contribution in [0.15, 0.2) is 58.4 Å². The number of hydrogen-bond donors (Lipinski definition) is 0. The normalized spacial score (nSPS) is 13.6. The minimum absolute atomic E-state index is 0.0390. The summed E-state index contributed by atoms with van der Waals surface area (Å²) in [6.07, 6.45) is 1.76. The zero-order chi connectivity index (χ0) is 16.5. The summed E-state index contributed by atoms with van der Waals surface area (Å²) in [5.41, 5.74) is 4.79. The topological polar surface area (TPSA) is 46.7 Å². The number of para-hydroxylation sites is 1. The molecule has 0 radical (unpaired) electrons. The quantitative estimate of drug-likeness (QED) is 0.694. The lowest BCUT2D eigenvalue weighted by Crippen LogP contribution is -2.15. The van der Waals surface area contributed by atoms with Crippen molar-refractivity contribution in [3.05, 3.63) is 75.8 Å². The Morgan fingerprint density at radius 3 is 3.04 bits per heavy atom. The summed E-state index contributed by atoms with van der Waals surface area (Å²) in [7, 11) is 0. The lowest BCUT2D eigenvalue weighted by molar-refractivity contribution is 1.00. The Morgan fingerprint density at radius 2 is 2.12 bits per heavy atom. The molecule has 0 saturated heterocycles. The van der Waals surface area contributed by atoms with Gasteiger partial charge in [0.15, 0.2) is 0 Å². The van der Waals surface area contributed by atoms with Gasteiger partial charge in [-0.3, -0.25) is 9.20 Å². The summed E-state index contributed by atoms with van der Waals surface area (Å²) in [6.45, 7) is 1.97. The summed E-state index contributed by atoms with van der Waals surface area (Å²) in [5.74, 6) is 1.59. The Morgan fingerprint density at radius 1 is 1.25 bits per heavy atom. The van der Waals surface area contributed by atoms with Gasteiger partial charge in [0, 0.05) is 23.8 Å². The van der Waals surface area contributed by atoms with Crippen LogP contribution in [-0.4, -0.2) is 13.8 Å². The van der Waals surface area contributed by atoms with Crippen molar-refractivity contribution in [2.45, 2.75) is 18.4 Å². The minimum atomic E-state index is -0.0390. The Kier molecular flexibility index (Phi) is 4.16. The highest BCUT2D eigenvalue weighted by molar-refractivity contribution is 8.38. The molecule has 0 spiro atoms. The highest BCUT2D eigenvalue weighted by Crippen LogP contribution is 2.35. The Labute approximate surface area is 148 Å². The summed E-state index contributed by atoms with van der Waals surface area (Å²) in [4.78, 5) is 21.6. The maximum absolute atomic E-state index is 12.2. The van der Waals surface area contributed by atoms with E-state index in [1.165, 1.54) is 5.56 Å². The van der Waals surface area contributed by atoms with Crippen molar-refractivity contribution in [3.8, 4) is 0 Å².